The topological polar surface area (TPSA) is 449 Å². The SMILES string of the molecule is COc1ccc2c(O[C@@H]3C[C@H]4C(=O)N[C@]5(C(=O)O)CC5/C=C\CCCCC[C@H](NC(=O)N[C@H](CN(C)S(=O)(=O)N(C)C)C5CCCCC5)C(=O)N4C3)cc(-c3csc(NC(C)C)n3)nc2c1.COc1ccc2c(O[C@@H]3C[C@H]4C(=O)N[C@]5(C(=O)O)CC5/C=C\CCCCC[C@H](NC(=O)N[C@H](CN5CCN(C)S5(=O)=O)C(C)C)C(=O)N4C3)cc(-c3csc(NC(C)C)n3)nc2c1. The van der Waals surface area contributed by atoms with Gasteiger partial charge in [0.2, 0.25) is 23.6 Å². The van der Waals surface area contributed by atoms with Gasteiger partial charge in [0.25, 0.3) is 20.4 Å². The summed E-state index contributed by atoms with van der Waals surface area (Å²) in [6.45, 7) is 12.5. The molecule has 702 valence electrons. The summed E-state index contributed by atoms with van der Waals surface area (Å²) in [6.07, 6.45) is 17.5. The highest BCUT2D eigenvalue weighted by atomic mass is 32.2. The van der Waals surface area contributed by atoms with Crippen LogP contribution in [0.25, 0.3) is 44.6 Å². The van der Waals surface area contributed by atoms with E-state index >= 15 is 4.79 Å². The second-order valence-electron chi connectivity index (χ2n) is 36.2. The largest absolute Gasteiger partial charge is 0.497 e. The number of allylic oxidation sites excluding steroid dienone is 2. The van der Waals surface area contributed by atoms with E-state index in [2.05, 4.69) is 42.5 Å². The number of benzene rings is 2. The van der Waals surface area contributed by atoms with Crippen molar-refractivity contribution in [2.75, 3.05) is 92.3 Å². The van der Waals surface area contributed by atoms with Gasteiger partial charge in [0.1, 0.15) is 81.8 Å². The molecule has 9 heterocycles. The summed E-state index contributed by atoms with van der Waals surface area (Å²) in [4.78, 5) is 134. The Hall–Kier alpha value is -10.1. The molecule has 10 N–H and O–H groups in total. The molecule has 5 aliphatic heterocycles. The summed E-state index contributed by atoms with van der Waals surface area (Å²) < 4.78 is 81.5. The lowest BCUT2D eigenvalue weighted by Crippen LogP contribution is -2.59. The summed E-state index contributed by atoms with van der Waals surface area (Å²) in [5.74, 6) is -3.40. The number of nitrogens with one attached hydrogen (secondary N) is 8. The quantitative estimate of drug-likeness (QED) is 0.0226. The lowest BCUT2D eigenvalue weighted by atomic mass is 9.84. The van der Waals surface area contributed by atoms with E-state index in [0.717, 1.165) is 72.4 Å². The first-order valence-electron chi connectivity index (χ1n) is 44.8. The molecule has 3 saturated carbocycles. The number of carboxylic acids is 2. The predicted molar refractivity (Wildman–Crippen MR) is 491 cm³/mol. The molecule has 129 heavy (non-hydrogen) atoms. The van der Waals surface area contributed by atoms with Gasteiger partial charge in [0.15, 0.2) is 10.3 Å². The Morgan fingerprint density at radius 3 is 1.47 bits per heavy atom. The Morgan fingerprint density at radius 1 is 0.605 bits per heavy atom. The number of anilines is 2. The molecule has 0 bridgehead atoms. The lowest BCUT2D eigenvalue weighted by Gasteiger charge is -2.35. The van der Waals surface area contributed by atoms with Gasteiger partial charge in [0, 0.05) is 149 Å². The molecule has 8 aliphatic rings. The van der Waals surface area contributed by atoms with Gasteiger partial charge in [-0.05, 0) is 128 Å². The summed E-state index contributed by atoms with van der Waals surface area (Å²) >= 11 is 2.90. The number of carboxylic acid groups (broad SMARTS) is 2. The average Bonchev–Trinajstić information content (AvgIpc) is 1.58. The molecule has 14 rings (SSSR count). The monoisotopic (exact) mass is 1860 g/mol. The Bertz CT molecular complexity index is 5380. The van der Waals surface area contributed by atoms with Gasteiger partial charge in [0.05, 0.1) is 49.7 Å². The van der Waals surface area contributed by atoms with Crippen molar-refractivity contribution in [1.82, 2.24) is 78.9 Å². The minimum atomic E-state index is -3.77. The summed E-state index contributed by atoms with van der Waals surface area (Å²) in [5.41, 5.74) is 0.488. The van der Waals surface area contributed by atoms with Crippen LogP contribution in [0.1, 0.15) is 164 Å². The number of likely N-dealkylation sites (N-methyl/N-ethyl adjacent to an activating group) is 2. The number of nitrogens with zero attached hydrogens (tertiary/aromatic N) is 10. The van der Waals surface area contributed by atoms with Crippen LogP contribution in [0.5, 0.6) is 23.0 Å². The standard InChI is InChI=1S/C46H65N9O9S2.C43H59N9O9S2/c1-28(2)47-45-51-38(27-65-45)36-23-40(33-20-19-31(63-6)21-35(33)48-36)64-32-22-39-41(56)52-46(43(58)59)24-30(46)17-13-8-7-9-14-18-34(42(57)55(39)25-32)49-44(60)50-37(29-15-11-10-12-16-29)26-54(5)66(61,62)53(3)4;1-25(2)34(23-51-17-16-50(5)63(51,58)59)47-41(57)46-31-13-11-9-7-8-10-12-27-21-43(27,40(55)56)49-38(53)36-19-29(22-52(36)39(31)54)61-37-20-33(35-24-62-42(48-35)44-26(3)4)45-32-18-28(60-6)14-15-30(32)37/h13,17,19-21,23,27-30,32,34,37,39H,7-12,14-16,18,22,24-26H2,1-6H3,(H,47,51)(H,52,56)(H,58,59)(H2,49,50,60);10,12,14-15,18,20,24-27,29,31,34,36H,7-9,11,13,16-17,19,21-23H2,1-6H3,(H,44,48)(H,49,53)(H,55,56)(H2,46,47,57)/b17-13-;12-10-/t30?,32-,34+,37-,39+,46-;27?,29-,31+,34-,36+,43-/m11/s1. The zero-order valence-corrected chi connectivity index (χ0v) is 78.6. The van der Waals surface area contributed by atoms with Crippen molar-refractivity contribution in [1.29, 1.82) is 0 Å². The molecule has 0 spiro atoms. The average molecular weight is 1860 g/mol. The third-order valence-electron chi connectivity index (χ3n) is 25.5. The van der Waals surface area contributed by atoms with Gasteiger partial charge < -0.3 is 81.5 Å². The van der Waals surface area contributed by atoms with E-state index in [9.17, 15) is 60.6 Å². The number of thiazole rings is 2. The van der Waals surface area contributed by atoms with Gasteiger partial charge in [-0.1, -0.05) is 83.1 Å². The third kappa shape index (κ3) is 22.9. The highest BCUT2D eigenvalue weighted by Gasteiger charge is 2.63. The molecule has 4 aromatic heterocycles. The number of carbonyl (C=O) groups is 8. The highest BCUT2D eigenvalue weighted by molar-refractivity contribution is 7.87. The van der Waals surface area contributed by atoms with Crippen LogP contribution >= 0.6 is 22.7 Å². The Balaban J connectivity index is 0.000000220. The molecule has 36 nitrogen and oxygen atoms in total. The second-order valence-corrected chi connectivity index (χ2v) is 42.2. The summed E-state index contributed by atoms with van der Waals surface area (Å²) in [7, 11) is 1.63. The number of aromatic nitrogens is 4. The molecular formula is C89H124N18O18S4. The molecule has 2 unspecified atom stereocenters. The molecule has 3 aliphatic carbocycles. The van der Waals surface area contributed by atoms with Crippen molar-refractivity contribution in [2.24, 2.45) is 23.7 Å². The van der Waals surface area contributed by atoms with E-state index in [1.54, 1.807) is 50.6 Å². The minimum Gasteiger partial charge on any atom is -0.497 e. The first-order chi connectivity index (χ1) is 61.5. The van der Waals surface area contributed by atoms with E-state index < -0.39 is 139 Å². The molecule has 0 radical (unpaired) electrons. The number of hydrogen-bond acceptors (Lipinski definition) is 24. The van der Waals surface area contributed by atoms with Crippen LogP contribution in [0.4, 0.5) is 19.9 Å². The Kier molecular flexibility index (Phi) is 31.1. The number of methoxy groups -OCH3 is 2. The van der Waals surface area contributed by atoms with Crippen LogP contribution < -0.4 is 61.5 Å². The third-order valence-corrected chi connectivity index (χ3v) is 30.9. The minimum absolute atomic E-state index is 0.0264. The number of rotatable bonds is 26. The normalized spacial score (nSPS) is 25.9. The van der Waals surface area contributed by atoms with Crippen molar-refractivity contribution in [3.05, 3.63) is 83.6 Å². The maximum Gasteiger partial charge on any atom is 0.330 e. The molecule has 8 amide bonds. The van der Waals surface area contributed by atoms with Crippen molar-refractivity contribution < 1.29 is 84.4 Å². The Morgan fingerprint density at radius 2 is 1.05 bits per heavy atom. The fraction of sp³-hybridized carbons (Fsp3) is 0.596. The van der Waals surface area contributed by atoms with E-state index in [1.807, 2.05) is 88.7 Å². The van der Waals surface area contributed by atoms with Crippen LogP contribution in [0.15, 0.2) is 83.6 Å². The predicted octanol–water partition coefficient (Wildman–Crippen LogP) is 9.57. The van der Waals surface area contributed by atoms with Crippen molar-refractivity contribution in [3.8, 4) is 45.8 Å². The zero-order chi connectivity index (χ0) is 92.6. The number of aliphatic carboxylic acids is 2. The van der Waals surface area contributed by atoms with Gasteiger partial charge in [-0.25, -0.2) is 39.1 Å². The maximum absolute atomic E-state index is 15.0. The van der Waals surface area contributed by atoms with E-state index in [1.165, 1.54) is 73.6 Å². The molecule has 12 atom stereocenters. The van der Waals surface area contributed by atoms with Gasteiger partial charge in [-0.3, -0.25) is 19.2 Å². The smallest absolute Gasteiger partial charge is 0.330 e. The molecule has 6 aromatic rings. The van der Waals surface area contributed by atoms with E-state index in [0.29, 0.717) is 106 Å². The van der Waals surface area contributed by atoms with E-state index in [-0.39, 0.29) is 88.6 Å². The number of pyridine rings is 2. The van der Waals surface area contributed by atoms with Crippen molar-refractivity contribution >= 4 is 123 Å². The van der Waals surface area contributed by atoms with Crippen LogP contribution in [0.2, 0.25) is 0 Å². The fourth-order valence-electron chi connectivity index (χ4n) is 17.9. The van der Waals surface area contributed by atoms with Crippen LogP contribution in [-0.2, 0) is 49.2 Å². The number of hydrogen-bond donors (Lipinski definition) is 10. The summed E-state index contributed by atoms with van der Waals surface area (Å²) in [5, 5.41) is 51.5. The molecule has 3 saturated heterocycles. The summed E-state index contributed by atoms with van der Waals surface area (Å²) in [6, 6.07) is 8.03. The van der Waals surface area contributed by atoms with Gasteiger partial charge >= 0.3 is 24.0 Å². The molecule has 6 fully saturated rings. The number of urea groups is 2. The number of carbonyl (C=O) groups excluding carboxylic acids is 6. The number of ether oxygens (including phenoxy) is 4. The first kappa shape index (κ1) is 96.5. The zero-order valence-electron chi connectivity index (χ0n) is 75.4. The first-order valence-corrected chi connectivity index (χ1v) is 49.3. The number of fused-ring (bicyclic) bond motifs is 6. The van der Waals surface area contributed by atoms with Crippen LogP contribution in [0.3, 0.4) is 0 Å². The molecule has 2 aromatic carbocycles. The van der Waals surface area contributed by atoms with Crippen LogP contribution in [-0.4, -0.2) is 275 Å². The molecule has 40 heteroatoms. The number of amides is 8. The fourth-order valence-corrected chi connectivity index (χ4v) is 21.8. The maximum atomic E-state index is 15.0. The van der Waals surface area contributed by atoms with Gasteiger partial charge in [-0.15, -0.1) is 22.7 Å². The van der Waals surface area contributed by atoms with Crippen molar-refractivity contribution in [2.45, 2.75) is 235 Å². The van der Waals surface area contributed by atoms with E-state index in [4.69, 9.17) is 38.9 Å². The second kappa shape index (κ2) is 41.6. The van der Waals surface area contributed by atoms with Crippen LogP contribution in [0, 0.1) is 23.7 Å². The lowest BCUT2D eigenvalue weighted by molar-refractivity contribution is -0.146. The van der Waals surface area contributed by atoms with Crippen molar-refractivity contribution in [3.63, 3.8) is 0 Å². The highest BCUT2D eigenvalue weighted by Crippen LogP contribution is 2.48. The van der Waals surface area contributed by atoms with Gasteiger partial charge in [-0.2, -0.15) is 34.1 Å². The Labute approximate surface area is 762 Å². The molecular weight excluding hydrogens is 1740 g/mol.